The maximum atomic E-state index is 14.2. The standard InChI is InChI=1S/C32H38BrN3O5S/c1-23-16-18-28(19-17-23)42(39,40)36(29-14-7-8-15-30(29)41-3)22-31(37)35(21-25-10-9-11-26(33)20-25)24(2)32(38)34-27-12-5-4-6-13-27/h7-11,14-20,24,27H,4-6,12-13,21-22H2,1-3H3,(H,34,38)/t24-/m0/s1. The molecule has 3 aromatic carbocycles. The van der Waals surface area contributed by atoms with Gasteiger partial charge in [0.15, 0.2) is 0 Å². The highest BCUT2D eigenvalue weighted by Gasteiger charge is 2.34. The first-order valence-electron chi connectivity index (χ1n) is 14.2. The van der Waals surface area contributed by atoms with Crippen molar-refractivity contribution in [3.63, 3.8) is 0 Å². The zero-order chi connectivity index (χ0) is 30.3. The van der Waals surface area contributed by atoms with Gasteiger partial charge in [-0.2, -0.15) is 0 Å². The van der Waals surface area contributed by atoms with Crippen molar-refractivity contribution >= 4 is 43.5 Å². The number of benzene rings is 3. The minimum Gasteiger partial charge on any atom is -0.495 e. The molecule has 0 bridgehead atoms. The van der Waals surface area contributed by atoms with E-state index in [2.05, 4.69) is 21.2 Å². The number of nitrogens with one attached hydrogen (secondary N) is 1. The van der Waals surface area contributed by atoms with Gasteiger partial charge in [-0.05, 0) is 68.7 Å². The number of hydrogen-bond acceptors (Lipinski definition) is 5. The molecule has 0 heterocycles. The van der Waals surface area contributed by atoms with Gasteiger partial charge in [0.25, 0.3) is 10.0 Å². The average molecular weight is 657 g/mol. The molecule has 224 valence electrons. The second-order valence-corrected chi connectivity index (χ2v) is 13.4. The predicted molar refractivity (Wildman–Crippen MR) is 168 cm³/mol. The largest absolute Gasteiger partial charge is 0.495 e. The van der Waals surface area contributed by atoms with Crippen molar-refractivity contribution in [1.82, 2.24) is 10.2 Å². The molecule has 0 unspecified atom stereocenters. The van der Waals surface area contributed by atoms with Crippen LogP contribution >= 0.6 is 15.9 Å². The van der Waals surface area contributed by atoms with Crippen LogP contribution in [0.1, 0.15) is 50.2 Å². The topological polar surface area (TPSA) is 96.0 Å². The summed E-state index contributed by atoms with van der Waals surface area (Å²) in [5, 5.41) is 3.12. The molecule has 0 saturated heterocycles. The van der Waals surface area contributed by atoms with Gasteiger partial charge in [-0.15, -0.1) is 0 Å². The second-order valence-electron chi connectivity index (χ2n) is 10.7. The van der Waals surface area contributed by atoms with Gasteiger partial charge in [0, 0.05) is 17.1 Å². The molecule has 1 fully saturated rings. The molecule has 1 saturated carbocycles. The number of carbonyl (C=O) groups excluding carboxylic acids is 2. The van der Waals surface area contributed by atoms with E-state index in [9.17, 15) is 18.0 Å². The van der Waals surface area contributed by atoms with E-state index in [1.165, 1.54) is 24.1 Å². The van der Waals surface area contributed by atoms with Crippen LogP contribution in [0.4, 0.5) is 5.69 Å². The Morgan fingerprint density at radius 2 is 1.69 bits per heavy atom. The lowest BCUT2D eigenvalue weighted by atomic mass is 9.95. The fourth-order valence-electron chi connectivity index (χ4n) is 5.17. The summed E-state index contributed by atoms with van der Waals surface area (Å²) >= 11 is 3.48. The van der Waals surface area contributed by atoms with E-state index in [1.807, 2.05) is 31.2 Å². The lowest BCUT2D eigenvalue weighted by Crippen LogP contribution is -2.53. The third-order valence-corrected chi connectivity index (χ3v) is 9.87. The zero-order valence-corrected chi connectivity index (χ0v) is 26.7. The Kier molecular flexibility index (Phi) is 10.7. The number of carbonyl (C=O) groups is 2. The predicted octanol–water partition coefficient (Wildman–Crippen LogP) is 5.83. The third-order valence-electron chi connectivity index (χ3n) is 7.60. The van der Waals surface area contributed by atoms with Crippen molar-refractivity contribution in [2.45, 2.75) is 69.5 Å². The van der Waals surface area contributed by atoms with Crippen molar-refractivity contribution in [2.24, 2.45) is 0 Å². The Labute approximate surface area is 257 Å². The van der Waals surface area contributed by atoms with E-state index < -0.39 is 28.5 Å². The first-order chi connectivity index (χ1) is 20.1. The Balaban J connectivity index is 1.70. The van der Waals surface area contributed by atoms with Crippen LogP contribution in [-0.2, 0) is 26.2 Å². The van der Waals surface area contributed by atoms with Gasteiger partial charge in [0.05, 0.1) is 17.7 Å². The Morgan fingerprint density at radius 1 is 1.00 bits per heavy atom. The van der Waals surface area contributed by atoms with E-state index in [0.717, 1.165) is 52.0 Å². The first kappa shape index (κ1) is 31.6. The number of aryl methyl sites for hydroxylation is 1. The van der Waals surface area contributed by atoms with Crippen LogP contribution in [0.15, 0.2) is 82.2 Å². The number of nitrogens with zero attached hydrogens (tertiary/aromatic N) is 2. The van der Waals surface area contributed by atoms with Gasteiger partial charge in [0.2, 0.25) is 11.8 Å². The molecule has 0 radical (unpaired) electrons. The summed E-state index contributed by atoms with van der Waals surface area (Å²) in [6.07, 6.45) is 5.10. The fraction of sp³-hybridized carbons (Fsp3) is 0.375. The molecule has 2 amide bonds. The molecular weight excluding hydrogens is 618 g/mol. The van der Waals surface area contributed by atoms with E-state index in [1.54, 1.807) is 43.3 Å². The third kappa shape index (κ3) is 7.72. The maximum Gasteiger partial charge on any atom is 0.264 e. The lowest BCUT2D eigenvalue weighted by molar-refractivity contribution is -0.139. The van der Waals surface area contributed by atoms with E-state index in [0.29, 0.717) is 5.75 Å². The van der Waals surface area contributed by atoms with Crippen LogP contribution in [-0.4, -0.2) is 50.9 Å². The first-order valence-corrected chi connectivity index (χ1v) is 16.4. The Bertz CT molecular complexity index is 1490. The molecule has 4 rings (SSSR count). The number of rotatable bonds is 11. The second kappa shape index (κ2) is 14.2. The normalized spacial score (nSPS) is 14.6. The number of ether oxygens (including phenoxy) is 1. The van der Waals surface area contributed by atoms with E-state index in [-0.39, 0.29) is 29.1 Å². The fourth-order valence-corrected chi connectivity index (χ4v) is 7.04. The Morgan fingerprint density at radius 3 is 2.36 bits per heavy atom. The minimum atomic E-state index is -4.18. The van der Waals surface area contributed by atoms with Gasteiger partial charge < -0.3 is 15.0 Å². The van der Waals surface area contributed by atoms with E-state index >= 15 is 0 Å². The summed E-state index contributed by atoms with van der Waals surface area (Å²) in [7, 11) is -2.73. The van der Waals surface area contributed by atoms with Gasteiger partial charge in [-0.25, -0.2) is 8.42 Å². The average Bonchev–Trinajstić information content (AvgIpc) is 2.99. The number of methoxy groups -OCH3 is 1. The molecule has 0 aromatic heterocycles. The summed E-state index contributed by atoms with van der Waals surface area (Å²) in [6.45, 7) is 3.17. The van der Waals surface area contributed by atoms with Gasteiger partial charge >= 0.3 is 0 Å². The molecule has 8 nitrogen and oxygen atoms in total. The summed E-state index contributed by atoms with van der Waals surface area (Å²) in [5.41, 5.74) is 1.95. The number of halogens is 1. The van der Waals surface area contributed by atoms with Crippen LogP contribution in [0.2, 0.25) is 0 Å². The number of amides is 2. The van der Waals surface area contributed by atoms with Crippen LogP contribution < -0.4 is 14.4 Å². The van der Waals surface area contributed by atoms with Gasteiger partial charge in [0.1, 0.15) is 18.3 Å². The van der Waals surface area contributed by atoms with Gasteiger partial charge in [-0.1, -0.05) is 77.2 Å². The summed E-state index contributed by atoms with van der Waals surface area (Å²) < 4.78 is 35.5. The van der Waals surface area contributed by atoms with Crippen LogP contribution in [0.3, 0.4) is 0 Å². The van der Waals surface area contributed by atoms with E-state index in [4.69, 9.17) is 4.74 Å². The SMILES string of the molecule is COc1ccccc1N(CC(=O)N(Cc1cccc(Br)c1)[C@@H](C)C(=O)NC1CCCCC1)S(=O)(=O)c1ccc(C)cc1. The number of sulfonamides is 1. The number of hydrogen-bond donors (Lipinski definition) is 1. The summed E-state index contributed by atoms with van der Waals surface area (Å²) in [5.74, 6) is -0.457. The molecule has 0 aliphatic heterocycles. The molecule has 1 N–H and O–H groups in total. The summed E-state index contributed by atoms with van der Waals surface area (Å²) in [4.78, 5) is 29.1. The smallest absolute Gasteiger partial charge is 0.264 e. The van der Waals surface area contributed by atoms with Crippen molar-refractivity contribution in [1.29, 1.82) is 0 Å². The van der Waals surface area contributed by atoms with Crippen molar-refractivity contribution < 1.29 is 22.7 Å². The minimum absolute atomic E-state index is 0.0495. The van der Waals surface area contributed by atoms with Crippen molar-refractivity contribution in [3.8, 4) is 5.75 Å². The van der Waals surface area contributed by atoms with Crippen molar-refractivity contribution in [2.75, 3.05) is 18.0 Å². The zero-order valence-electron chi connectivity index (χ0n) is 24.3. The highest BCUT2D eigenvalue weighted by Crippen LogP contribution is 2.32. The molecule has 1 atom stereocenters. The lowest BCUT2D eigenvalue weighted by Gasteiger charge is -2.33. The summed E-state index contributed by atoms with van der Waals surface area (Å²) in [6, 6.07) is 19.9. The molecule has 1 aliphatic rings. The highest BCUT2D eigenvalue weighted by atomic mass is 79.9. The molecule has 3 aromatic rings. The molecule has 1 aliphatic carbocycles. The van der Waals surface area contributed by atoms with Gasteiger partial charge in [-0.3, -0.25) is 13.9 Å². The molecular formula is C32H38BrN3O5S. The molecule has 10 heteroatoms. The quantitative estimate of drug-likeness (QED) is 0.281. The van der Waals surface area contributed by atoms with Crippen LogP contribution in [0.5, 0.6) is 5.75 Å². The Hall–Kier alpha value is -3.37. The monoisotopic (exact) mass is 655 g/mol. The highest BCUT2D eigenvalue weighted by molar-refractivity contribution is 9.10. The number of para-hydroxylation sites is 2. The molecule has 0 spiro atoms. The molecule has 42 heavy (non-hydrogen) atoms. The maximum absolute atomic E-state index is 14.2. The van der Waals surface area contributed by atoms with Crippen LogP contribution in [0.25, 0.3) is 0 Å². The van der Waals surface area contributed by atoms with Crippen molar-refractivity contribution in [3.05, 3.63) is 88.4 Å². The number of anilines is 1. The van der Waals surface area contributed by atoms with Crippen LogP contribution in [0, 0.1) is 6.92 Å².